The Kier molecular flexibility index (Phi) is 6.16. The van der Waals surface area contributed by atoms with E-state index in [4.69, 9.17) is 0 Å². The van der Waals surface area contributed by atoms with Gasteiger partial charge in [-0.3, -0.25) is 4.79 Å². The van der Waals surface area contributed by atoms with Crippen LogP contribution in [-0.2, 0) is 4.79 Å². The van der Waals surface area contributed by atoms with Crippen molar-refractivity contribution in [1.82, 2.24) is 0 Å². The van der Waals surface area contributed by atoms with Gasteiger partial charge in [0.05, 0.1) is 5.75 Å². The quantitative estimate of drug-likeness (QED) is 0.552. The first-order chi connectivity index (χ1) is 4.31. The minimum Gasteiger partial charge on any atom is -0.299 e. The van der Waals surface area contributed by atoms with Crippen LogP contribution in [0.25, 0.3) is 0 Å². The summed E-state index contributed by atoms with van der Waals surface area (Å²) in [5.41, 5.74) is 0. The fourth-order valence-corrected chi connectivity index (χ4v) is 1.30. The lowest BCUT2D eigenvalue weighted by Crippen LogP contribution is -1.98. The molecule has 54 valence electrons. The van der Waals surface area contributed by atoms with Crippen molar-refractivity contribution >= 4 is 17.5 Å². The van der Waals surface area contributed by atoms with Gasteiger partial charge in [-0.05, 0) is 12.2 Å². The molecule has 0 aromatic heterocycles. The third-order valence-electron chi connectivity index (χ3n) is 1.01. The van der Waals surface area contributed by atoms with E-state index in [1.807, 2.05) is 6.92 Å². The number of hydrogen-bond donors (Lipinski definition) is 0. The van der Waals surface area contributed by atoms with Crippen LogP contribution in [0.15, 0.2) is 0 Å². The number of thioether (sulfide) groups is 1. The van der Waals surface area contributed by atoms with E-state index in [0.717, 1.165) is 5.75 Å². The highest BCUT2D eigenvalue weighted by Gasteiger charge is 1.95. The predicted molar refractivity (Wildman–Crippen MR) is 42.9 cm³/mol. The highest BCUT2D eigenvalue weighted by molar-refractivity contribution is 7.99. The van der Waals surface area contributed by atoms with Crippen LogP contribution in [0.2, 0.25) is 0 Å². The molecular weight excluding hydrogens is 132 g/mol. The van der Waals surface area contributed by atoms with Crippen LogP contribution < -0.4 is 0 Å². The second-order valence-electron chi connectivity index (χ2n) is 1.94. The van der Waals surface area contributed by atoms with Gasteiger partial charge in [0.1, 0.15) is 5.78 Å². The van der Waals surface area contributed by atoms with Gasteiger partial charge >= 0.3 is 0 Å². The molecule has 0 aromatic carbocycles. The molecule has 0 saturated carbocycles. The predicted octanol–water partition coefficient (Wildman–Crippen LogP) is 2.11. The monoisotopic (exact) mass is 146 g/mol. The Morgan fingerprint density at radius 2 is 2.11 bits per heavy atom. The molecule has 2 heteroatoms. The van der Waals surface area contributed by atoms with Gasteiger partial charge in [-0.25, -0.2) is 0 Å². The average molecular weight is 146 g/mol. The standard InChI is InChI=1S/C7H14OS/c1-3-5-9-6-7(8)4-2/h3-6H2,1-2H3. The molecule has 0 bridgehead atoms. The Balaban J connectivity index is 2.97. The first-order valence-corrected chi connectivity index (χ1v) is 4.56. The molecule has 0 saturated heterocycles. The van der Waals surface area contributed by atoms with Gasteiger partial charge in [0, 0.05) is 6.42 Å². The average Bonchev–Trinajstić information content (AvgIpc) is 1.89. The van der Waals surface area contributed by atoms with Gasteiger partial charge in [0.15, 0.2) is 0 Å². The summed E-state index contributed by atoms with van der Waals surface area (Å²) in [6, 6.07) is 0. The van der Waals surface area contributed by atoms with E-state index < -0.39 is 0 Å². The molecule has 0 rings (SSSR count). The van der Waals surface area contributed by atoms with E-state index in [-0.39, 0.29) is 0 Å². The van der Waals surface area contributed by atoms with Crippen LogP contribution in [0.5, 0.6) is 0 Å². The zero-order chi connectivity index (χ0) is 7.11. The van der Waals surface area contributed by atoms with Gasteiger partial charge < -0.3 is 0 Å². The van der Waals surface area contributed by atoms with Crippen LogP contribution in [0.4, 0.5) is 0 Å². The lowest BCUT2D eigenvalue weighted by Gasteiger charge is -1.94. The fourth-order valence-electron chi connectivity index (χ4n) is 0.432. The van der Waals surface area contributed by atoms with Crippen molar-refractivity contribution < 1.29 is 4.79 Å². The highest BCUT2D eigenvalue weighted by atomic mass is 32.2. The lowest BCUT2D eigenvalue weighted by atomic mass is 10.4. The van der Waals surface area contributed by atoms with Crippen LogP contribution in [0, 0.1) is 0 Å². The summed E-state index contributed by atoms with van der Waals surface area (Å²) >= 11 is 1.74. The van der Waals surface area contributed by atoms with Crippen molar-refractivity contribution in [3.8, 4) is 0 Å². The number of rotatable bonds is 5. The van der Waals surface area contributed by atoms with E-state index in [9.17, 15) is 4.79 Å². The Bertz CT molecular complexity index is 81.0. The van der Waals surface area contributed by atoms with Crippen molar-refractivity contribution in [2.45, 2.75) is 26.7 Å². The van der Waals surface area contributed by atoms with Crippen molar-refractivity contribution in [2.24, 2.45) is 0 Å². The molecule has 0 heterocycles. The molecule has 0 aliphatic heterocycles. The number of ketones is 1. The summed E-state index contributed by atoms with van der Waals surface area (Å²) in [5.74, 6) is 2.20. The number of hydrogen-bond acceptors (Lipinski definition) is 2. The maximum Gasteiger partial charge on any atom is 0.142 e. The van der Waals surface area contributed by atoms with Crippen molar-refractivity contribution in [2.75, 3.05) is 11.5 Å². The summed E-state index contributed by atoms with van der Waals surface area (Å²) in [7, 11) is 0. The second-order valence-corrected chi connectivity index (χ2v) is 3.05. The van der Waals surface area contributed by atoms with E-state index in [1.165, 1.54) is 6.42 Å². The van der Waals surface area contributed by atoms with E-state index >= 15 is 0 Å². The van der Waals surface area contributed by atoms with Crippen LogP contribution in [-0.4, -0.2) is 17.3 Å². The van der Waals surface area contributed by atoms with Gasteiger partial charge in [-0.2, -0.15) is 11.8 Å². The van der Waals surface area contributed by atoms with Crippen LogP contribution in [0.1, 0.15) is 26.7 Å². The topological polar surface area (TPSA) is 17.1 Å². The maximum absolute atomic E-state index is 10.7. The molecule has 0 N–H and O–H groups in total. The fraction of sp³-hybridized carbons (Fsp3) is 0.857. The smallest absolute Gasteiger partial charge is 0.142 e. The van der Waals surface area contributed by atoms with Gasteiger partial charge in [0.2, 0.25) is 0 Å². The van der Waals surface area contributed by atoms with E-state index in [1.54, 1.807) is 11.8 Å². The van der Waals surface area contributed by atoms with Crippen molar-refractivity contribution in [1.29, 1.82) is 0 Å². The number of carbonyl (C=O) groups is 1. The Hall–Kier alpha value is 0.0200. The Morgan fingerprint density at radius 3 is 2.56 bits per heavy atom. The molecular formula is C7H14OS. The molecule has 0 aliphatic rings. The molecule has 0 atom stereocenters. The molecule has 0 amide bonds. The van der Waals surface area contributed by atoms with Crippen molar-refractivity contribution in [3.05, 3.63) is 0 Å². The largest absolute Gasteiger partial charge is 0.299 e. The molecule has 0 radical (unpaired) electrons. The van der Waals surface area contributed by atoms with E-state index in [0.29, 0.717) is 18.0 Å². The van der Waals surface area contributed by atoms with Gasteiger partial charge in [0.25, 0.3) is 0 Å². The lowest BCUT2D eigenvalue weighted by molar-refractivity contribution is -0.116. The first kappa shape index (κ1) is 9.02. The Morgan fingerprint density at radius 1 is 1.44 bits per heavy atom. The molecule has 0 spiro atoms. The molecule has 9 heavy (non-hydrogen) atoms. The molecule has 0 unspecified atom stereocenters. The highest BCUT2D eigenvalue weighted by Crippen LogP contribution is 2.02. The zero-order valence-corrected chi connectivity index (χ0v) is 6.96. The normalized spacial score (nSPS) is 9.56. The SMILES string of the molecule is CCCSCC(=O)CC. The Labute approximate surface area is 61.2 Å². The minimum atomic E-state index is 0.369. The zero-order valence-electron chi connectivity index (χ0n) is 6.14. The second kappa shape index (κ2) is 6.14. The third kappa shape index (κ3) is 5.90. The van der Waals surface area contributed by atoms with Gasteiger partial charge in [-0.1, -0.05) is 13.8 Å². The summed E-state index contributed by atoms with van der Waals surface area (Å²) in [4.78, 5) is 10.7. The third-order valence-corrected chi connectivity index (χ3v) is 2.23. The summed E-state index contributed by atoms with van der Waals surface area (Å²) in [5, 5.41) is 0. The number of carbonyl (C=O) groups excluding carboxylic acids is 1. The van der Waals surface area contributed by atoms with Crippen LogP contribution >= 0.6 is 11.8 Å². The summed E-state index contributed by atoms with van der Waals surface area (Å²) in [6.45, 7) is 4.04. The van der Waals surface area contributed by atoms with Crippen molar-refractivity contribution in [3.63, 3.8) is 0 Å². The molecule has 1 nitrogen and oxygen atoms in total. The molecule has 0 fully saturated rings. The summed E-state index contributed by atoms with van der Waals surface area (Å²) in [6.07, 6.45) is 1.86. The van der Waals surface area contributed by atoms with Gasteiger partial charge in [-0.15, -0.1) is 0 Å². The number of Topliss-reactive ketones (excluding diaryl/α,β-unsaturated/α-hetero) is 1. The maximum atomic E-state index is 10.7. The summed E-state index contributed by atoms with van der Waals surface area (Å²) < 4.78 is 0. The first-order valence-electron chi connectivity index (χ1n) is 3.40. The van der Waals surface area contributed by atoms with Crippen LogP contribution in [0.3, 0.4) is 0 Å². The van der Waals surface area contributed by atoms with E-state index in [2.05, 4.69) is 6.92 Å². The minimum absolute atomic E-state index is 0.369. The molecule has 0 aromatic rings. The molecule has 0 aliphatic carbocycles.